The molecule has 0 saturated carbocycles. The summed E-state index contributed by atoms with van der Waals surface area (Å²) in [5.41, 5.74) is 0.209. The van der Waals surface area contributed by atoms with Gasteiger partial charge in [-0.2, -0.15) is 5.26 Å². The van der Waals surface area contributed by atoms with Crippen molar-refractivity contribution in [2.75, 3.05) is 44.6 Å². The second-order valence-electron chi connectivity index (χ2n) is 7.14. The van der Waals surface area contributed by atoms with Gasteiger partial charge < -0.3 is 20.0 Å². The van der Waals surface area contributed by atoms with E-state index in [0.717, 1.165) is 45.1 Å². The van der Waals surface area contributed by atoms with Gasteiger partial charge in [0.05, 0.1) is 18.1 Å². The Morgan fingerprint density at radius 1 is 1.26 bits per heavy atom. The smallest absolute Gasteiger partial charge is 0.289 e. The highest BCUT2D eigenvalue weighted by Crippen LogP contribution is 2.11. The maximum atomic E-state index is 13.7. The molecule has 0 bridgehead atoms. The van der Waals surface area contributed by atoms with Crippen LogP contribution in [0.15, 0.2) is 46.3 Å². The number of aliphatic imine (C=N–C) groups is 1. The zero-order chi connectivity index (χ0) is 21.9. The van der Waals surface area contributed by atoms with Crippen LogP contribution in [0.2, 0.25) is 0 Å². The average Bonchev–Trinajstić information content (AvgIpc) is 3.32. The van der Waals surface area contributed by atoms with Crippen molar-refractivity contribution >= 4 is 17.6 Å². The number of halogens is 1. The highest BCUT2D eigenvalue weighted by atomic mass is 19.1. The summed E-state index contributed by atoms with van der Waals surface area (Å²) in [6, 6.07) is 4.89. The number of carbonyl (C=O) groups excluding carboxylic acids is 1. The highest BCUT2D eigenvalue weighted by Gasteiger charge is 2.23. The maximum absolute atomic E-state index is 13.7. The molecule has 0 radical (unpaired) electrons. The van der Waals surface area contributed by atoms with Crippen molar-refractivity contribution in [1.82, 2.24) is 20.1 Å². The van der Waals surface area contributed by atoms with Gasteiger partial charge in [-0.1, -0.05) is 6.42 Å². The highest BCUT2D eigenvalue weighted by molar-refractivity contribution is 5.94. The summed E-state index contributed by atoms with van der Waals surface area (Å²) in [5, 5.41) is 14.6. The number of hydrogen-bond donors (Lipinski definition) is 2. The van der Waals surface area contributed by atoms with Crippen LogP contribution in [0.5, 0.6) is 0 Å². The summed E-state index contributed by atoms with van der Waals surface area (Å²) < 4.78 is 18.9. The third-order valence-electron chi connectivity index (χ3n) is 5.02. The predicted octanol–water partition coefficient (Wildman–Crippen LogP) is 2.28. The standard InChI is InChI=1S/C21H26FN7O2/c22-17-15-24-8-6-18(17)27-21(26-16-23)25-7-2-1-3-9-28-10-12-29(13-11-28)20(30)19-5-4-14-31-19/h4-6,8,14-15H,1-3,7,9-13H2,(H2,24,25,26,27). The zero-order valence-corrected chi connectivity index (χ0v) is 17.3. The lowest BCUT2D eigenvalue weighted by molar-refractivity contribution is 0.0604. The number of nitrogens with one attached hydrogen (secondary N) is 2. The zero-order valence-electron chi connectivity index (χ0n) is 17.3. The molecule has 2 N–H and O–H groups in total. The number of guanidine groups is 1. The minimum Gasteiger partial charge on any atom is -0.459 e. The summed E-state index contributed by atoms with van der Waals surface area (Å²) in [4.78, 5) is 23.8. The van der Waals surface area contributed by atoms with Crippen molar-refractivity contribution in [2.24, 2.45) is 4.99 Å². The number of nitriles is 1. The normalized spacial score (nSPS) is 14.8. The Morgan fingerprint density at radius 2 is 2.10 bits per heavy atom. The number of amides is 1. The largest absolute Gasteiger partial charge is 0.459 e. The van der Waals surface area contributed by atoms with Crippen LogP contribution in [0.25, 0.3) is 0 Å². The Kier molecular flexibility index (Phi) is 8.37. The van der Waals surface area contributed by atoms with E-state index in [2.05, 4.69) is 25.5 Å². The van der Waals surface area contributed by atoms with Gasteiger partial charge in [0.1, 0.15) is 0 Å². The van der Waals surface area contributed by atoms with Crippen LogP contribution in [0.3, 0.4) is 0 Å². The molecule has 1 fully saturated rings. The van der Waals surface area contributed by atoms with Crippen molar-refractivity contribution in [3.8, 4) is 6.19 Å². The molecule has 0 aliphatic carbocycles. The number of carbonyl (C=O) groups is 1. The van der Waals surface area contributed by atoms with Gasteiger partial charge in [-0.05, 0) is 37.6 Å². The lowest BCUT2D eigenvalue weighted by Crippen LogP contribution is -2.48. The van der Waals surface area contributed by atoms with Crippen LogP contribution in [-0.4, -0.2) is 65.9 Å². The van der Waals surface area contributed by atoms with Gasteiger partial charge in [-0.3, -0.25) is 14.7 Å². The molecule has 1 aliphatic rings. The second kappa shape index (κ2) is 11.7. The number of nitrogens with zero attached hydrogens (tertiary/aromatic N) is 5. The average molecular weight is 427 g/mol. The maximum Gasteiger partial charge on any atom is 0.289 e. The van der Waals surface area contributed by atoms with Crippen LogP contribution in [0.1, 0.15) is 29.8 Å². The molecule has 1 aliphatic heterocycles. The topological polar surface area (TPSA) is 110 Å². The molecule has 0 spiro atoms. The molecular weight excluding hydrogens is 401 g/mol. The fraction of sp³-hybridized carbons (Fsp3) is 0.429. The van der Waals surface area contributed by atoms with Gasteiger partial charge in [-0.15, -0.1) is 4.99 Å². The number of anilines is 1. The molecule has 10 heteroatoms. The van der Waals surface area contributed by atoms with Crippen LogP contribution in [0, 0.1) is 17.3 Å². The quantitative estimate of drug-likeness (QED) is 0.288. The van der Waals surface area contributed by atoms with Crippen molar-refractivity contribution in [1.29, 1.82) is 5.26 Å². The summed E-state index contributed by atoms with van der Waals surface area (Å²) in [6.07, 6.45) is 8.70. The van der Waals surface area contributed by atoms with Gasteiger partial charge in [0, 0.05) is 38.9 Å². The number of furan rings is 1. The van der Waals surface area contributed by atoms with Gasteiger partial charge in [-0.25, -0.2) is 4.39 Å². The summed E-state index contributed by atoms with van der Waals surface area (Å²) in [6.45, 7) is 4.70. The van der Waals surface area contributed by atoms with E-state index in [-0.39, 0.29) is 17.6 Å². The van der Waals surface area contributed by atoms with E-state index in [1.807, 2.05) is 4.90 Å². The number of aromatic nitrogens is 1. The lowest BCUT2D eigenvalue weighted by atomic mass is 10.2. The molecule has 31 heavy (non-hydrogen) atoms. The first-order chi connectivity index (χ1) is 15.2. The molecule has 0 unspecified atom stereocenters. The molecule has 1 saturated heterocycles. The Labute approximate surface area is 180 Å². The molecular formula is C21H26FN7O2. The van der Waals surface area contributed by atoms with Crippen LogP contribution in [-0.2, 0) is 0 Å². The molecule has 2 aromatic rings. The molecule has 0 aromatic carbocycles. The molecule has 0 atom stereocenters. The number of piperazine rings is 1. The summed E-state index contributed by atoms with van der Waals surface area (Å²) in [5.74, 6) is 0.0399. The first-order valence-corrected chi connectivity index (χ1v) is 10.3. The summed E-state index contributed by atoms with van der Waals surface area (Å²) >= 11 is 0. The number of unbranched alkanes of at least 4 members (excludes halogenated alkanes) is 2. The van der Waals surface area contributed by atoms with E-state index in [4.69, 9.17) is 9.68 Å². The lowest BCUT2D eigenvalue weighted by Gasteiger charge is -2.34. The molecule has 3 heterocycles. The molecule has 1 amide bonds. The molecule has 2 aromatic heterocycles. The summed E-state index contributed by atoms with van der Waals surface area (Å²) in [7, 11) is 0. The van der Waals surface area contributed by atoms with E-state index in [9.17, 15) is 9.18 Å². The van der Waals surface area contributed by atoms with Crippen LogP contribution >= 0.6 is 0 Å². The van der Waals surface area contributed by atoms with Gasteiger partial charge in [0.2, 0.25) is 12.2 Å². The fourth-order valence-corrected chi connectivity index (χ4v) is 3.34. The van der Waals surface area contributed by atoms with Crippen molar-refractivity contribution in [3.05, 3.63) is 48.4 Å². The number of rotatable bonds is 8. The SMILES string of the molecule is N#CN=C(NCCCCCN1CCN(C(=O)c2ccco2)CC1)Nc1ccncc1F. The van der Waals surface area contributed by atoms with E-state index in [1.165, 1.54) is 18.5 Å². The molecule has 3 rings (SSSR count). The van der Waals surface area contributed by atoms with Crippen LogP contribution < -0.4 is 10.6 Å². The third-order valence-corrected chi connectivity index (χ3v) is 5.02. The van der Waals surface area contributed by atoms with E-state index in [1.54, 1.807) is 18.3 Å². The Bertz CT molecular complexity index is 903. The molecule has 9 nitrogen and oxygen atoms in total. The minimum atomic E-state index is -0.513. The van der Waals surface area contributed by atoms with Crippen molar-refractivity contribution < 1.29 is 13.6 Å². The van der Waals surface area contributed by atoms with E-state index in [0.29, 0.717) is 25.4 Å². The van der Waals surface area contributed by atoms with Gasteiger partial charge in [0.15, 0.2) is 11.6 Å². The van der Waals surface area contributed by atoms with Crippen LogP contribution in [0.4, 0.5) is 10.1 Å². The Morgan fingerprint density at radius 3 is 2.81 bits per heavy atom. The van der Waals surface area contributed by atoms with Gasteiger partial charge in [0.25, 0.3) is 5.91 Å². The Balaban J connectivity index is 1.29. The third kappa shape index (κ3) is 6.79. The van der Waals surface area contributed by atoms with Crippen molar-refractivity contribution in [2.45, 2.75) is 19.3 Å². The number of hydrogen-bond acceptors (Lipinski definition) is 6. The van der Waals surface area contributed by atoms with E-state index >= 15 is 0 Å². The first kappa shape index (κ1) is 22.2. The monoisotopic (exact) mass is 427 g/mol. The molecule has 164 valence electrons. The second-order valence-corrected chi connectivity index (χ2v) is 7.14. The fourth-order valence-electron chi connectivity index (χ4n) is 3.34. The Hall–Kier alpha value is -3.45. The van der Waals surface area contributed by atoms with Gasteiger partial charge >= 0.3 is 0 Å². The minimum absolute atomic E-state index is 0.0502. The van der Waals surface area contributed by atoms with Crippen molar-refractivity contribution in [3.63, 3.8) is 0 Å². The first-order valence-electron chi connectivity index (χ1n) is 10.3. The van der Waals surface area contributed by atoms with E-state index < -0.39 is 5.82 Å². The number of pyridine rings is 1. The predicted molar refractivity (Wildman–Crippen MR) is 114 cm³/mol.